The molecule has 0 aromatic heterocycles. The summed E-state index contributed by atoms with van der Waals surface area (Å²) in [7, 11) is 0. The van der Waals surface area contributed by atoms with Crippen LogP contribution in [-0.2, 0) is 11.8 Å². The highest BCUT2D eigenvalue weighted by molar-refractivity contribution is 5.59. The normalized spacial score (nSPS) is 37.3. The molecule has 120 valence electrons. The highest BCUT2D eigenvalue weighted by Gasteiger charge is 2.63. The Kier molecular flexibility index (Phi) is 2.72. The molecule has 2 unspecified atom stereocenters. The number of hydrogen-bond donors (Lipinski definition) is 0. The number of likely N-dealkylation sites (tertiary alicyclic amines) is 1. The Balaban J connectivity index is 1.75. The number of benzene rings is 1. The summed E-state index contributed by atoms with van der Waals surface area (Å²) < 4.78 is 6.58. The fourth-order valence-electron chi connectivity index (χ4n) is 6.09. The van der Waals surface area contributed by atoms with E-state index in [0.29, 0.717) is 12.0 Å². The Morgan fingerprint density at radius 1 is 1.43 bits per heavy atom. The van der Waals surface area contributed by atoms with Crippen LogP contribution in [0.25, 0.3) is 0 Å². The van der Waals surface area contributed by atoms with Crippen LogP contribution in [0.4, 0.5) is 0 Å². The molecular weight excluding hydrogens is 282 g/mol. The summed E-state index contributed by atoms with van der Waals surface area (Å²) in [6, 6.07) is 5.25. The van der Waals surface area contributed by atoms with Gasteiger partial charge in [-0.2, -0.15) is 0 Å². The number of aryl methyl sites for hydroxylation is 1. The van der Waals surface area contributed by atoms with E-state index in [9.17, 15) is 0 Å². The van der Waals surface area contributed by atoms with Crippen molar-refractivity contribution in [3.8, 4) is 5.75 Å². The van der Waals surface area contributed by atoms with Crippen molar-refractivity contribution in [2.24, 2.45) is 5.92 Å². The van der Waals surface area contributed by atoms with E-state index in [1.807, 2.05) is 0 Å². The average Bonchev–Trinajstić information content (AvgIpc) is 2.89. The van der Waals surface area contributed by atoms with Gasteiger partial charge in [0, 0.05) is 23.6 Å². The van der Waals surface area contributed by atoms with Crippen molar-refractivity contribution >= 4 is 0 Å². The molecule has 2 bridgehead atoms. The molecule has 0 radical (unpaired) electrons. The number of piperidine rings is 1. The second-order valence-electron chi connectivity index (χ2n) is 7.89. The fraction of sp³-hybridized carbons (Fsp3) is 0.524. The van der Waals surface area contributed by atoms with Gasteiger partial charge in [-0.05, 0) is 61.8 Å². The summed E-state index contributed by atoms with van der Waals surface area (Å²) in [5, 5.41) is 0. The topological polar surface area (TPSA) is 12.5 Å². The number of ether oxygens (including phenoxy) is 1. The van der Waals surface area contributed by atoms with Gasteiger partial charge >= 0.3 is 0 Å². The van der Waals surface area contributed by atoms with Crippen LogP contribution in [0.1, 0.15) is 36.0 Å². The van der Waals surface area contributed by atoms with Crippen molar-refractivity contribution in [2.45, 2.75) is 50.2 Å². The predicted octanol–water partition coefficient (Wildman–Crippen LogP) is 3.78. The van der Waals surface area contributed by atoms with Gasteiger partial charge in [-0.25, -0.2) is 0 Å². The molecule has 0 N–H and O–H groups in total. The second-order valence-corrected chi connectivity index (χ2v) is 7.89. The van der Waals surface area contributed by atoms with Crippen molar-refractivity contribution < 1.29 is 4.74 Å². The molecule has 1 aromatic carbocycles. The molecule has 1 saturated carbocycles. The van der Waals surface area contributed by atoms with Crippen LogP contribution in [0.15, 0.2) is 36.9 Å². The molecule has 5 rings (SSSR count). The highest BCUT2D eigenvalue weighted by Crippen LogP contribution is 2.63. The van der Waals surface area contributed by atoms with Gasteiger partial charge in [0.2, 0.25) is 0 Å². The highest BCUT2D eigenvalue weighted by atomic mass is 16.5. The Morgan fingerprint density at radius 2 is 2.30 bits per heavy atom. The molecule has 2 nitrogen and oxygen atoms in total. The Hall–Kier alpha value is -1.54. The van der Waals surface area contributed by atoms with Crippen LogP contribution in [0.3, 0.4) is 0 Å². The summed E-state index contributed by atoms with van der Waals surface area (Å²) in [5.41, 5.74) is 5.90. The van der Waals surface area contributed by atoms with E-state index in [-0.39, 0.29) is 11.5 Å². The largest absolute Gasteiger partial charge is 0.485 e. The van der Waals surface area contributed by atoms with Crippen molar-refractivity contribution in [1.29, 1.82) is 0 Å². The van der Waals surface area contributed by atoms with Crippen LogP contribution in [0.2, 0.25) is 0 Å². The summed E-state index contributed by atoms with van der Waals surface area (Å²) in [6.45, 7) is 12.7. The molecule has 4 aliphatic rings. The molecule has 0 amide bonds. The Labute approximate surface area is 138 Å². The quantitative estimate of drug-likeness (QED) is 0.771. The van der Waals surface area contributed by atoms with Gasteiger partial charge < -0.3 is 4.74 Å². The second kappa shape index (κ2) is 4.51. The lowest BCUT2D eigenvalue weighted by atomic mass is 9.51. The van der Waals surface area contributed by atoms with Crippen LogP contribution < -0.4 is 4.74 Å². The van der Waals surface area contributed by atoms with Crippen molar-refractivity contribution in [3.05, 3.63) is 53.6 Å². The molecule has 1 spiro atoms. The third-order valence-corrected chi connectivity index (χ3v) is 6.96. The van der Waals surface area contributed by atoms with E-state index in [1.165, 1.54) is 41.7 Å². The van der Waals surface area contributed by atoms with Crippen molar-refractivity contribution in [1.82, 2.24) is 4.90 Å². The molecule has 1 aromatic rings. The zero-order valence-corrected chi connectivity index (χ0v) is 14.0. The molecule has 23 heavy (non-hydrogen) atoms. The maximum atomic E-state index is 6.58. The molecule has 2 heterocycles. The zero-order valence-electron chi connectivity index (χ0n) is 14.0. The SMILES string of the molecule is C=CCN1CCC23c4c5ccc(C)c4OC2C(=C)CC[C@@H]3[C@@H]1C5. The lowest BCUT2D eigenvalue weighted by Gasteiger charge is -2.58. The van der Waals surface area contributed by atoms with Crippen molar-refractivity contribution in [3.63, 3.8) is 0 Å². The summed E-state index contributed by atoms with van der Waals surface area (Å²) in [6.07, 6.45) is 7.05. The molecule has 1 saturated heterocycles. The predicted molar refractivity (Wildman–Crippen MR) is 93.0 cm³/mol. The Bertz CT molecular complexity index is 721. The molecule has 2 aliphatic heterocycles. The van der Waals surface area contributed by atoms with Gasteiger partial charge in [-0.3, -0.25) is 4.90 Å². The monoisotopic (exact) mass is 307 g/mol. The lowest BCUT2D eigenvalue weighted by molar-refractivity contribution is -0.0274. The summed E-state index contributed by atoms with van der Waals surface area (Å²) in [5.74, 6) is 1.90. The van der Waals surface area contributed by atoms with Crippen LogP contribution >= 0.6 is 0 Å². The standard InChI is InChI=1S/C21H25NO/c1-4-10-22-11-9-21-16-8-6-14(3)20(21)23-19-13(2)5-7-15(18(19)21)12-17(16)22/h4-5,7,16-17,20H,1,3,6,8-12H2,2H3/t16-,17+,20?,21?/m1/s1. The minimum Gasteiger partial charge on any atom is -0.485 e. The van der Waals surface area contributed by atoms with Gasteiger partial charge in [0.05, 0.1) is 0 Å². The molecule has 2 heteroatoms. The van der Waals surface area contributed by atoms with Crippen LogP contribution in [0, 0.1) is 12.8 Å². The summed E-state index contributed by atoms with van der Waals surface area (Å²) >= 11 is 0. The van der Waals surface area contributed by atoms with E-state index in [2.05, 4.69) is 43.2 Å². The number of nitrogens with zero attached hydrogens (tertiary/aromatic N) is 1. The smallest absolute Gasteiger partial charge is 0.130 e. The van der Waals surface area contributed by atoms with Crippen LogP contribution in [-0.4, -0.2) is 30.1 Å². The van der Waals surface area contributed by atoms with E-state index in [4.69, 9.17) is 4.74 Å². The number of rotatable bonds is 2. The van der Waals surface area contributed by atoms with Gasteiger partial charge in [0.25, 0.3) is 0 Å². The van der Waals surface area contributed by atoms with Gasteiger partial charge in [-0.15, -0.1) is 6.58 Å². The maximum Gasteiger partial charge on any atom is 0.130 e. The molecule has 2 aliphatic carbocycles. The van der Waals surface area contributed by atoms with E-state index < -0.39 is 0 Å². The van der Waals surface area contributed by atoms with Gasteiger partial charge in [0.1, 0.15) is 11.9 Å². The average molecular weight is 307 g/mol. The first-order chi connectivity index (χ1) is 11.2. The van der Waals surface area contributed by atoms with E-state index in [0.717, 1.165) is 19.5 Å². The third kappa shape index (κ3) is 1.53. The Morgan fingerprint density at radius 3 is 3.13 bits per heavy atom. The minimum atomic E-state index is 0.201. The van der Waals surface area contributed by atoms with Gasteiger partial charge in [0.15, 0.2) is 0 Å². The fourth-order valence-corrected chi connectivity index (χ4v) is 6.09. The maximum absolute atomic E-state index is 6.58. The molecule has 4 atom stereocenters. The third-order valence-electron chi connectivity index (χ3n) is 6.96. The van der Waals surface area contributed by atoms with E-state index in [1.54, 1.807) is 5.56 Å². The zero-order chi connectivity index (χ0) is 15.8. The van der Waals surface area contributed by atoms with Crippen LogP contribution in [0.5, 0.6) is 5.75 Å². The first-order valence-corrected chi connectivity index (χ1v) is 8.99. The van der Waals surface area contributed by atoms with E-state index >= 15 is 0 Å². The first-order valence-electron chi connectivity index (χ1n) is 8.99. The molecule has 2 fully saturated rings. The lowest BCUT2D eigenvalue weighted by Crippen LogP contribution is -2.64. The van der Waals surface area contributed by atoms with Crippen molar-refractivity contribution in [2.75, 3.05) is 13.1 Å². The summed E-state index contributed by atoms with van der Waals surface area (Å²) in [4.78, 5) is 2.66. The first kappa shape index (κ1) is 13.9. The minimum absolute atomic E-state index is 0.201. The number of hydrogen-bond acceptors (Lipinski definition) is 2. The molecular formula is C21H25NO. The van der Waals surface area contributed by atoms with Gasteiger partial charge in [-0.1, -0.05) is 24.8 Å².